The first kappa shape index (κ1) is 13.0. The Bertz CT molecular complexity index is 710. The number of ether oxygens (including phenoxy) is 1. The summed E-state index contributed by atoms with van der Waals surface area (Å²) in [6, 6.07) is 14.7. The maximum atomic E-state index is 6.20. The lowest BCUT2D eigenvalue weighted by atomic mass is 9.65. The lowest BCUT2D eigenvalue weighted by molar-refractivity contribution is 0.136. The van der Waals surface area contributed by atoms with Crippen molar-refractivity contribution in [3.63, 3.8) is 0 Å². The van der Waals surface area contributed by atoms with Crippen LogP contribution in [0.2, 0.25) is 5.02 Å². The number of hydrogen-bond acceptors (Lipinski definition) is 2. The van der Waals surface area contributed by atoms with Gasteiger partial charge in [0.05, 0.1) is 12.6 Å². The van der Waals surface area contributed by atoms with Gasteiger partial charge >= 0.3 is 0 Å². The molecule has 2 heterocycles. The predicted molar refractivity (Wildman–Crippen MR) is 86.3 cm³/mol. The van der Waals surface area contributed by atoms with Crippen LogP contribution in [0.15, 0.2) is 42.5 Å². The van der Waals surface area contributed by atoms with E-state index in [9.17, 15) is 0 Å². The molecule has 21 heavy (non-hydrogen) atoms. The first-order chi connectivity index (χ1) is 10.1. The summed E-state index contributed by atoms with van der Waals surface area (Å²) in [5, 5.41) is 4.46. The molecule has 0 aromatic heterocycles. The lowest BCUT2D eigenvalue weighted by Crippen LogP contribution is -2.46. The van der Waals surface area contributed by atoms with Gasteiger partial charge in [-0.05, 0) is 29.8 Å². The first-order valence-corrected chi connectivity index (χ1v) is 7.73. The molecule has 4 rings (SSSR count). The van der Waals surface area contributed by atoms with E-state index in [2.05, 4.69) is 43.4 Å². The molecule has 0 bridgehead atoms. The number of nitrogens with one attached hydrogen (secondary N) is 1. The topological polar surface area (TPSA) is 21.3 Å². The molecule has 0 unspecified atom stereocenters. The second-order valence-electron chi connectivity index (χ2n) is 6.49. The van der Waals surface area contributed by atoms with Gasteiger partial charge in [-0.3, -0.25) is 0 Å². The van der Waals surface area contributed by atoms with Gasteiger partial charge in [0.15, 0.2) is 0 Å². The molecule has 0 fully saturated rings. The van der Waals surface area contributed by atoms with Crippen molar-refractivity contribution in [1.29, 1.82) is 0 Å². The zero-order valence-electron chi connectivity index (χ0n) is 12.2. The number of anilines is 1. The number of benzene rings is 2. The minimum atomic E-state index is 0.0620. The Morgan fingerprint density at radius 1 is 1.19 bits per heavy atom. The summed E-state index contributed by atoms with van der Waals surface area (Å²) in [4.78, 5) is 0. The SMILES string of the molecule is CC1(C)c2ccccc2N[C@H]2c3cc(Cl)ccc3OC[C@H]21. The minimum Gasteiger partial charge on any atom is -0.493 e. The highest BCUT2D eigenvalue weighted by atomic mass is 35.5. The van der Waals surface area contributed by atoms with Crippen LogP contribution in [0, 0.1) is 5.92 Å². The number of halogens is 1. The zero-order valence-corrected chi connectivity index (χ0v) is 12.9. The fourth-order valence-corrected chi connectivity index (χ4v) is 3.91. The van der Waals surface area contributed by atoms with Gasteiger partial charge in [0, 0.05) is 27.6 Å². The molecule has 0 spiro atoms. The summed E-state index contributed by atoms with van der Waals surface area (Å²) < 4.78 is 6.00. The third-order valence-electron chi connectivity index (χ3n) is 4.99. The van der Waals surface area contributed by atoms with Gasteiger partial charge in [-0.15, -0.1) is 0 Å². The Morgan fingerprint density at radius 2 is 2.00 bits per heavy atom. The monoisotopic (exact) mass is 299 g/mol. The number of hydrogen-bond donors (Lipinski definition) is 1. The highest BCUT2D eigenvalue weighted by molar-refractivity contribution is 6.30. The van der Waals surface area contributed by atoms with E-state index in [0.717, 1.165) is 17.4 Å². The van der Waals surface area contributed by atoms with Crippen LogP contribution < -0.4 is 10.1 Å². The molecule has 0 saturated heterocycles. The summed E-state index contributed by atoms with van der Waals surface area (Å²) in [7, 11) is 0. The first-order valence-electron chi connectivity index (χ1n) is 7.35. The summed E-state index contributed by atoms with van der Waals surface area (Å²) in [5.74, 6) is 1.33. The Kier molecular flexibility index (Phi) is 2.74. The van der Waals surface area contributed by atoms with Crippen LogP contribution in [0.5, 0.6) is 5.75 Å². The van der Waals surface area contributed by atoms with Gasteiger partial charge in [-0.1, -0.05) is 43.6 Å². The lowest BCUT2D eigenvalue weighted by Gasteiger charge is -2.48. The summed E-state index contributed by atoms with van der Waals surface area (Å²) in [6.07, 6.45) is 0. The van der Waals surface area contributed by atoms with Gasteiger partial charge in [0.1, 0.15) is 5.75 Å². The van der Waals surface area contributed by atoms with Gasteiger partial charge in [0.25, 0.3) is 0 Å². The molecule has 0 aliphatic carbocycles. The Hall–Kier alpha value is -1.67. The van der Waals surface area contributed by atoms with Gasteiger partial charge in [-0.2, -0.15) is 0 Å². The second kappa shape index (κ2) is 4.41. The van der Waals surface area contributed by atoms with E-state index in [0.29, 0.717) is 5.92 Å². The van der Waals surface area contributed by atoms with E-state index in [-0.39, 0.29) is 11.5 Å². The van der Waals surface area contributed by atoms with Crippen molar-refractivity contribution < 1.29 is 4.74 Å². The largest absolute Gasteiger partial charge is 0.493 e. The average molecular weight is 300 g/mol. The third-order valence-corrected chi connectivity index (χ3v) is 5.22. The molecule has 108 valence electrons. The molecule has 2 aliphatic heterocycles. The molecule has 2 aliphatic rings. The van der Waals surface area contributed by atoms with Crippen LogP contribution in [-0.2, 0) is 5.41 Å². The van der Waals surface area contributed by atoms with Gasteiger partial charge < -0.3 is 10.1 Å². The highest BCUT2D eigenvalue weighted by Crippen LogP contribution is 2.52. The van der Waals surface area contributed by atoms with Crippen molar-refractivity contribution in [1.82, 2.24) is 0 Å². The van der Waals surface area contributed by atoms with E-state index < -0.39 is 0 Å². The summed E-state index contributed by atoms with van der Waals surface area (Å²) in [6.45, 7) is 5.35. The van der Waals surface area contributed by atoms with Crippen molar-refractivity contribution in [3.05, 3.63) is 58.6 Å². The molecule has 1 N–H and O–H groups in total. The highest BCUT2D eigenvalue weighted by Gasteiger charge is 2.46. The fourth-order valence-electron chi connectivity index (χ4n) is 3.73. The molecule has 2 aromatic rings. The molecule has 0 amide bonds. The number of fused-ring (bicyclic) bond motifs is 4. The van der Waals surface area contributed by atoms with Crippen molar-refractivity contribution in [2.75, 3.05) is 11.9 Å². The average Bonchev–Trinajstić information content (AvgIpc) is 2.47. The van der Waals surface area contributed by atoms with Crippen LogP contribution >= 0.6 is 11.6 Å². The maximum Gasteiger partial charge on any atom is 0.124 e. The maximum absolute atomic E-state index is 6.20. The second-order valence-corrected chi connectivity index (χ2v) is 6.93. The molecule has 3 heteroatoms. The van der Waals surface area contributed by atoms with Crippen LogP contribution in [0.25, 0.3) is 0 Å². The van der Waals surface area contributed by atoms with Crippen LogP contribution in [0.3, 0.4) is 0 Å². The molecule has 2 nitrogen and oxygen atoms in total. The zero-order chi connectivity index (χ0) is 14.6. The minimum absolute atomic E-state index is 0.0620. The van der Waals surface area contributed by atoms with Gasteiger partial charge in [-0.25, -0.2) is 0 Å². The molecular weight excluding hydrogens is 282 g/mol. The number of rotatable bonds is 0. The van der Waals surface area contributed by atoms with Crippen LogP contribution in [-0.4, -0.2) is 6.61 Å². The van der Waals surface area contributed by atoms with Gasteiger partial charge in [0.2, 0.25) is 0 Å². The van der Waals surface area contributed by atoms with Crippen LogP contribution in [0.4, 0.5) is 5.69 Å². The van der Waals surface area contributed by atoms with E-state index in [1.54, 1.807) is 0 Å². The standard InChI is InChI=1S/C18H18ClNO/c1-18(2)13-5-3-4-6-15(13)20-17-12-9-11(19)7-8-16(12)21-10-14(17)18/h3-9,14,17,20H,10H2,1-2H3/t14-,17+/m1/s1. The Labute approximate surface area is 130 Å². The smallest absolute Gasteiger partial charge is 0.124 e. The van der Waals surface area contributed by atoms with E-state index >= 15 is 0 Å². The molecule has 0 saturated carbocycles. The van der Waals surface area contributed by atoms with Crippen molar-refractivity contribution in [3.8, 4) is 5.75 Å². The predicted octanol–water partition coefficient (Wildman–Crippen LogP) is 4.79. The van der Waals surface area contributed by atoms with Crippen molar-refractivity contribution in [2.45, 2.75) is 25.3 Å². The Balaban J connectivity index is 1.88. The van der Waals surface area contributed by atoms with Crippen molar-refractivity contribution >= 4 is 17.3 Å². The molecule has 2 atom stereocenters. The van der Waals surface area contributed by atoms with E-state index in [1.165, 1.54) is 16.8 Å². The van der Waals surface area contributed by atoms with E-state index in [1.807, 2.05) is 18.2 Å². The van der Waals surface area contributed by atoms with Crippen LogP contribution in [0.1, 0.15) is 31.0 Å². The van der Waals surface area contributed by atoms with Crippen molar-refractivity contribution in [2.24, 2.45) is 5.92 Å². The third kappa shape index (κ3) is 1.86. The van der Waals surface area contributed by atoms with E-state index in [4.69, 9.17) is 16.3 Å². The summed E-state index contributed by atoms with van der Waals surface area (Å²) >= 11 is 6.20. The molecule has 0 radical (unpaired) electrons. The normalized spacial score (nSPS) is 24.9. The Morgan fingerprint density at radius 3 is 2.86 bits per heavy atom. The molecule has 2 aromatic carbocycles. The molecular formula is C18H18ClNO. The fraction of sp³-hybridized carbons (Fsp3) is 0.333. The quantitative estimate of drug-likeness (QED) is 0.755. The summed E-state index contributed by atoms with van der Waals surface area (Å²) in [5.41, 5.74) is 3.81. The number of para-hydroxylation sites is 1.